The zero-order valence-electron chi connectivity index (χ0n) is 25.7. The molecule has 2 heterocycles. The molecule has 0 bridgehead atoms. The van der Waals surface area contributed by atoms with Gasteiger partial charge in [-0.2, -0.15) is 0 Å². The van der Waals surface area contributed by atoms with Gasteiger partial charge in [-0.3, -0.25) is 24.0 Å². The maximum Gasteiger partial charge on any atom is 0.342 e. The monoisotopic (exact) mass is 606 g/mol. The quantitative estimate of drug-likeness (QED) is 0.193. The smallest absolute Gasteiger partial charge is 0.342 e. The fourth-order valence-electron chi connectivity index (χ4n) is 7.19. The first-order valence-electron chi connectivity index (χ1n) is 14.0. The first-order chi connectivity index (χ1) is 19.9. The Balaban J connectivity index is 2.14. The number of ether oxygens (including phenoxy) is 7. The summed E-state index contributed by atoms with van der Waals surface area (Å²) in [5, 5.41) is 0. The Morgan fingerprint density at radius 3 is 1.81 bits per heavy atom. The summed E-state index contributed by atoms with van der Waals surface area (Å²) in [6.07, 6.45) is -4.28. The number of hydrogen-bond donors (Lipinski definition) is 0. The number of epoxide rings is 1. The van der Waals surface area contributed by atoms with Crippen molar-refractivity contribution in [3.8, 4) is 0 Å². The van der Waals surface area contributed by atoms with Crippen LogP contribution in [0.4, 0.5) is 0 Å². The van der Waals surface area contributed by atoms with Crippen LogP contribution >= 0.6 is 0 Å². The molecular formula is C30H38O13. The van der Waals surface area contributed by atoms with Crippen molar-refractivity contribution in [1.82, 2.24) is 0 Å². The van der Waals surface area contributed by atoms with Gasteiger partial charge in [-0.15, -0.1) is 0 Å². The van der Waals surface area contributed by atoms with Crippen LogP contribution in [0.15, 0.2) is 23.3 Å². The molecule has 2 saturated heterocycles. The first-order valence-corrected chi connectivity index (χ1v) is 14.0. The number of fused-ring (bicyclic) bond motifs is 1. The van der Waals surface area contributed by atoms with Crippen LogP contribution in [0.2, 0.25) is 0 Å². The Kier molecular flexibility index (Phi) is 8.29. The van der Waals surface area contributed by atoms with E-state index in [4.69, 9.17) is 33.2 Å². The number of carbonyl (C=O) groups excluding carboxylic acids is 6. The zero-order chi connectivity index (χ0) is 32.2. The van der Waals surface area contributed by atoms with E-state index in [9.17, 15) is 28.8 Å². The lowest BCUT2D eigenvalue weighted by Crippen LogP contribution is -2.66. The van der Waals surface area contributed by atoms with E-state index >= 15 is 0 Å². The summed E-state index contributed by atoms with van der Waals surface area (Å²) >= 11 is 0. The predicted octanol–water partition coefficient (Wildman–Crippen LogP) is 2.03. The van der Waals surface area contributed by atoms with E-state index < -0.39 is 95.0 Å². The van der Waals surface area contributed by atoms with Crippen molar-refractivity contribution in [1.29, 1.82) is 0 Å². The molecule has 4 rings (SSSR count). The second-order valence-corrected chi connectivity index (χ2v) is 12.0. The number of hydrogen-bond acceptors (Lipinski definition) is 13. The second-order valence-electron chi connectivity index (χ2n) is 12.0. The van der Waals surface area contributed by atoms with E-state index in [1.165, 1.54) is 26.8 Å². The molecule has 0 unspecified atom stereocenters. The molecular weight excluding hydrogens is 568 g/mol. The standard InChI is InChI=1S/C30H38O13/c1-13-10-11-20(37-15(3)31)28(8)22(13)25(40-18(6)34)30-21(42-27(36)29(30,9)43-30)12-14(2)23(38-16(4)32)24(39-17(5)33)26(28)41-19(7)35/h10,12,20-26H,11H2,1-9H3/b14-12-/t20-,21-,22+,23-,24-,25-,26+,28-,29+,30-/m0/s1. The molecule has 0 aromatic carbocycles. The van der Waals surface area contributed by atoms with Crippen LogP contribution in [0.1, 0.15) is 68.7 Å². The van der Waals surface area contributed by atoms with Crippen molar-refractivity contribution in [2.24, 2.45) is 11.3 Å². The minimum atomic E-state index is -1.56. The molecule has 0 aromatic heterocycles. The highest BCUT2D eigenvalue weighted by atomic mass is 16.7. The van der Waals surface area contributed by atoms with Crippen LogP contribution in [-0.4, -0.2) is 83.6 Å². The van der Waals surface area contributed by atoms with Gasteiger partial charge in [-0.05, 0) is 32.4 Å². The fraction of sp³-hybridized carbons (Fsp3) is 0.667. The van der Waals surface area contributed by atoms with Crippen molar-refractivity contribution in [2.75, 3.05) is 0 Å². The molecule has 2 aliphatic carbocycles. The maximum absolute atomic E-state index is 13.2. The molecule has 10 atom stereocenters. The van der Waals surface area contributed by atoms with Gasteiger partial charge in [0.25, 0.3) is 0 Å². The molecule has 43 heavy (non-hydrogen) atoms. The highest BCUT2D eigenvalue weighted by Crippen LogP contribution is 2.65. The summed E-state index contributed by atoms with van der Waals surface area (Å²) in [5.74, 6) is -5.32. The normalized spacial score (nSPS) is 40.9. The van der Waals surface area contributed by atoms with Crippen molar-refractivity contribution in [3.05, 3.63) is 23.3 Å². The topological polar surface area (TPSA) is 170 Å². The van der Waals surface area contributed by atoms with E-state index in [0.29, 0.717) is 5.57 Å². The minimum Gasteiger partial charge on any atom is -0.461 e. The molecule has 2 fully saturated rings. The average Bonchev–Trinajstić information content (AvgIpc) is 3.46. The summed E-state index contributed by atoms with van der Waals surface area (Å²) in [6, 6.07) is 0. The Morgan fingerprint density at radius 2 is 1.30 bits per heavy atom. The van der Waals surface area contributed by atoms with Gasteiger partial charge in [0.2, 0.25) is 0 Å². The van der Waals surface area contributed by atoms with Crippen LogP contribution in [0.5, 0.6) is 0 Å². The van der Waals surface area contributed by atoms with Gasteiger partial charge in [0.05, 0.1) is 5.41 Å². The number of carbonyl (C=O) groups is 6. The van der Waals surface area contributed by atoms with E-state index in [2.05, 4.69) is 0 Å². The molecule has 0 radical (unpaired) electrons. The Morgan fingerprint density at radius 1 is 0.767 bits per heavy atom. The average molecular weight is 607 g/mol. The third kappa shape index (κ3) is 5.21. The van der Waals surface area contributed by atoms with E-state index in [1.54, 1.807) is 26.8 Å². The molecule has 0 saturated carbocycles. The van der Waals surface area contributed by atoms with Crippen molar-refractivity contribution >= 4 is 35.8 Å². The SMILES string of the molecule is CC(=O)O[C@@H]1[C@@H](OC(C)=O)[C@@]2(C)[C@@H](OC(C)=O)CC=C(C)[C@@H]2[C@H](OC(C)=O)[C@]23O[C@]2(C)C(=O)O[C@H]3/C=C(/C)[C@@H]1OC(C)=O. The first kappa shape index (κ1) is 32.2. The van der Waals surface area contributed by atoms with Crippen LogP contribution in [0.3, 0.4) is 0 Å². The Hall–Kier alpha value is -3.74. The van der Waals surface area contributed by atoms with E-state index in [0.717, 1.165) is 20.8 Å². The van der Waals surface area contributed by atoms with Gasteiger partial charge < -0.3 is 33.2 Å². The van der Waals surface area contributed by atoms with Gasteiger partial charge in [0, 0.05) is 47.0 Å². The molecule has 1 spiro atoms. The number of rotatable bonds is 5. The highest BCUT2D eigenvalue weighted by Gasteiger charge is 2.87. The summed E-state index contributed by atoms with van der Waals surface area (Å²) in [4.78, 5) is 76.2. The van der Waals surface area contributed by atoms with Crippen molar-refractivity contribution in [2.45, 2.75) is 117 Å². The fourth-order valence-corrected chi connectivity index (χ4v) is 7.19. The molecule has 13 heteroatoms. The van der Waals surface area contributed by atoms with Gasteiger partial charge in [-0.1, -0.05) is 18.6 Å². The summed E-state index contributed by atoms with van der Waals surface area (Å²) in [7, 11) is 0. The summed E-state index contributed by atoms with van der Waals surface area (Å²) in [5.41, 5.74) is -3.74. The van der Waals surface area contributed by atoms with Crippen LogP contribution in [-0.2, 0) is 61.9 Å². The van der Waals surface area contributed by atoms with Crippen molar-refractivity contribution in [3.63, 3.8) is 0 Å². The molecule has 0 aromatic rings. The van der Waals surface area contributed by atoms with Crippen LogP contribution < -0.4 is 0 Å². The van der Waals surface area contributed by atoms with E-state index in [1.807, 2.05) is 0 Å². The lowest BCUT2D eigenvalue weighted by molar-refractivity contribution is -0.223. The largest absolute Gasteiger partial charge is 0.461 e. The lowest BCUT2D eigenvalue weighted by atomic mass is 9.56. The molecule has 0 amide bonds. The van der Waals surface area contributed by atoms with Crippen molar-refractivity contribution < 1.29 is 61.9 Å². The van der Waals surface area contributed by atoms with Crippen LogP contribution in [0.25, 0.3) is 0 Å². The molecule has 0 N–H and O–H groups in total. The third-order valence-electron chi connectivity index (χ3n) is 8.92. The summed E-state index contributed by atoms with van der Waals surface area (Å²) in [6.45, 7) is 12.4. The minimum absolute atomic E-state index is 0.146. The zero-order valence-corrected chi connectivity index (χ0v) is 25.7. The second kappa shape index (κ2) is 11.1. The molecule has 13 nitrogen and oxygen atoms in total. The predicted molar refractivity (Wildman–Crippen MR) is 144 cm³/mol. The number of esters is 6. The van der Waals surface area contributed by atoms with Gasteiger partial charge >= 0.3 is 35.8 Å². The molecule has 4 aliphatic rings. The summed E-state index contributed by atoms with van der Waals surface area (Å²) < 4.78 is 41.2. The van der Waals surface area contributed by atoms with Gasteiger partial charge in [-0.25, -0.2) is 4.79 Å². The lowest BCUT2D eigenvalue weighted by Gasteiger charge is -2.54. The highest BCUT2D eigenvalue weighted by molar-refractivity contribution is 5.89. The van der Waals surface area contributed by atoms with E-state index in [-0.39, 0.29) is 12.0 Å². The maximum atomic E-state index is 13.2. The van der Waals surface area contributed by atoms with Gasteiger partial charge in [0.15, 0.2) is 35.6 Å². The molecule has 236 valence electrons. The third-order valence-corrected chi connectivity index (χ3v) is 8.92. The van der Waals surface area contributed by atoms with Crippen LogP contribution in [0, 0.1) is 11.3 Å². The Labute approximate surface area is 249 Å². The van der Waals surface area contributed by atoms with Gasteiger partial charge in [0.1, 0.15) is 12.2 Å². The Bertz CT molecular complexity index is 1310. The molecule has 2 aliphatic heterocycles.